The quantitative estimate of drug-likeness (QED) is 0.126. The molecule has 0 atom stereocenters. The summed E-state index contributed by atoms with van der Waals surface area (Å²) >= 11 is 0. The maximum Gasteiger partial charge on any atom is 0.673 e. The van der Waals surface area contributed by atoms with Gasteiger partial charge in [0.1, 0.15) is 0 Å². The number of pyridine rings is 1. The minimum Gasteiger partial charge on any atom is -0.418 e. The van der Waals surface area contributed by atoms with E-state index < -0.39 is 7.25 Å². The minimum absolute atomic E-state index is 0.781. The van der Waals surface area contributed by atoms with Crippen molar-refractivity contribution in [3.63, 3.8) is 0 Å². The Morgan fingerprint density at radius 1 is 0.636 bits per heavy atom. The van der Waals surface area contributed by atoms with Gasteiger partial charge in [0.15, 0.2) is 6.54 Å². The molecule has 0 aliphatic heterocycles. The van der Waals surface area contributed by atoms with Gasteiger partial charge in [0.25, 0.3) is 0 Å². The lowest BCUT2D eigenvalue weighted by Crippen LogP contribution is -2.39. The molecule has 3 aromatic carbocycles. The second kappa shape index (κ2) is 10.8. The lowest BCUT2D eigenvalue weighted by Gasteiger charge is -2.13. The first-order valence-corrected chi connectivity index (χ1v) is 10.5. The molecule has 4 aromatic rings. The van der Waals surface area contributed by atoms with E-state index in [2.05, 4.69) is 121 Å². The fourth-order valence-electron chi connectivity index (χ4n) is 3.56. The predicted molar refractivity (Wildman–Crippen MR) is 128 cm³/mol. The van der Waals surface area contributed by atoms with Crippen molar-refractivity contribution >= 4 is 7.25 Å². The van der Waals surface area contributed by atoms with E-state index in [1.54, 1.807) is 0 Å². The van der Waals surface area contributed by atoms with Crippen LogP contribution < -0.4 is 4.57 Å². The van der Waals surface area contributed by atoms with E-state index in [1.165, 1.54) is 33.6 Å². The molecule has 1 heterocycles. The van der Waals surface area contributed by atoms with Gasteiger partial charge in [-0.2, -0.15) is 4.57 Å². The minimum atomic E-state index is -6.00. The van der Waals surface area contributed by atoms with Crippen molar-refractivity contribution in [1.82, 2.24) is 0 Å². The lowest BCUT2D eigenvalue weighted by atomic mass is 9.98. The van der Waals surface area contributed by atoms with Crippen LogP contribution in [0.15, 0.2) is 115 Å². The molecule has 1 aromatic heterocycles. The number of rotatable bonds is 5. The normalized spacial score (nSPS) is 10.8. The Labute approximate surface area is 191 Å². The van der Waals surface area contributed by atoms with Gasteiger partial charge in [0, 0.05) is 23.3 Å². The summed E-state index contributed by atoms with van der Waals surface area (Å²) in [4.78, 5) is 0. The van der Waals surface area contributed by atoms with Crippen LogP contribution >= 0.6 is 0 Å². The van der Waals surface area contributed by atoms with E-state index in [1.807, 2.05) is 0 Å². The van der Waals surface area contributed by atoms with Crippen molar-refractivity contribution in [1.29, 1.82) is 0 Å². The van der Waals surface area contributed by atoms with Crippen LogP contribution in [0.3, 0.4) is 0 Å². The number of hydrogen-bond acceptors (Lipinski definition) is 0. The van der Waals surface area contributed by atoms with E-state index in [4.69, 9.17) is 0 Å². The van der Waals surface area contributed by atoms with Crippen molar-refractivity contribution in [2.45, 2.75) is 13.5 Å². The van der Waals surface area contributed by atoms with E-state index in [9.17, 15) is 17.3 Å². The van der Waals surface area contributed by atoms with Gasteiger partial charge in [-0.1, -0.05) is 73.3 Å². The van der Waals surface area contributed by atoms with Crippen LogP contribution in [-0.4, -0.2) is 7.25 Å². The van der Waals surface area contributed by atoms with Crippen molar-refractivity contribution in [3.05, 3.63) is 115 Å². The monoisotopic (exact) mass is 449 g/mol. The molecule has 168 valence electrons. The Bertz CT molecular complexity index is 1120. The molecule has 0 unspecified atom stereocenters. The summed E-state index contributed by atoms with van der Waals surface area (Å²) in [6, 6.07) is 36.4. The molecular weight excluding hydrogens is 425 g/mol. The molecule has 0 aliphatic rings. The highest BCUT2D eigenvalue weighted by atomic mass is 19.5. The molecule has 33 heavy (non-hydrogen) atoms. The maximum atomic E-state index is 9.75. The smallest absolute Gasteiger partial charge is 0.418 e. The molecule has 0 aliphatic carbocycles. The number of nitrogens with zero attached hydrogens (tertiary/aromatic N) is 1. The van der Waals surface area contributed by atoms with E-state index in [-0.39, 0.29) is 0 Å². The van der Waals surface area contributed by atoms with Gasteiger partial charge in [0.05, 0.1) is 0 Å². The summed E-state index contributed by atoms with van der Waals surface area (Å²) in [7, 11) is -6.00. The summed E-state index contributed by atoms with van der Waals surface area (Å²) in [5, 5.41) is 0. The zero-order valence-electron chi connectivity index (χ0n) is 18.3. The van der Waals surface area contributed by atoms with Crippen LogP contribution in [-0.2, 0) is 6.54 Å². The second-order valence-corrected chi connectivity index (χ2v) is 7.65. The topological polar surface area (TPSA) is 3.88 Å². The van der Waals surface area contributed by atoms with Crippen molar-refractivity contribution < 1.29 is 21.8 Å². The fourth-order valence-corrected chi connectivity index (χ4v) is 3.56. The molecule has 0 radical (unpaired) electrons. The van der Waals surface area contributed by atoms with Crippen molar-refractivity contribution in [3.8, 4) is 33.6 Å². The number of benzene rings is 3. The van der Waals surface area contributed by atoms with Crippen LogP contribution in [0.1, 0.15) is 6.92 Å². The molecule has 0 amide bonds. The molecular formula is C27H24BF4N. The third kappa shape index (κ3) is 7.17. The van der Waals surface area contributed by atoms with Crippen LogP contribution in [0, 0.1) is 0 Å². The maximum absolute atomic E-state index is 9.75. The first kappa shape index (κ1) is 24.0. The number of halogens is 4. The van der Waals surface area contributed by atoms with Crippen LogP contribution in [0.25, 0.3) is 33.6 Å². The molecule has 0 bridgehead atoms. The lowest BCUT2D eigenvalue weighted by molar-refractivity contribution is -0.667. The average Bonchev–Trinajstić information content (AvgIpc) is 2.79. The van der Waals surface area contributed by atoms with Crippen LogP contribution in [0.5, 0.6) is 0 Å². The predicted octanol–water partition coefficient (Wildman–Crippen LogP) is 7.85. The van der Waals surface area contributed by atoms with Gasteiger partial charge in [-0.05, 0) is 47.9 Å². The number of allylic oxidation sites excluding steroid dienone is 1. The third-order valence-electron chi connectivity index (χ3n) is 4.84. The highest BCUT2D eigenvalue weighted by Gasteiger charge is 2.22. The highest BCUT2D eigenvalue weighted by molar-refractivity contribution is 6.50. The Morgan fingerprint density at radius 2 is 0.970 bits per heavy atom. The Morgan fingerprint density at radius 3 is 1.30 bits per heavy atom. The summed E-state index contributed by atoms with van der Waals surface area (Å²) in [5.41, 5.74) is 8.38. The zero-order valence-corrected chi connectivity index (χ0v) is 18.3. The van der Waals surface area contributed by atoms with Gasteiger partial charge in [-0.3, -0.25) is 0 Å². The van der Waals surface area contributed by atoms with E-state index >= 15 is 0 Å². The van der Waals surface area contributed by atoms with Gasteiger partial charge < -0.3 is 17.3 Å². The molecule has 1 nitrogen and oxygen atoms in total. The third-order valence-corrected chi connectivity index (χ3v) is 4.84. The van der Waals surface area contributed by atoms with Crippen molar-refractivity contribution in [2.24, 2.45) is 0 Å². The fraction of sp³-hybridized carbons (Fsp3) is 0.0741. The first-order chi connectivity index (χ1) is 15.7. The Balaban J connectivity index is 0.000000555. The van der Waals surface area contributed by atoms with Crippen LogP contribution in [0.4, 0.5) is 17.3 Å². The SMILES string of the molecule is C=C(C)C[n+]1c(-c2ccccc2)cc(-c2ccccc2)cc1-c1ccccc1.F[B-](F)(F)F. The van der Waals surface area contributed by atoms with Gasteiger partial charge in [0.2, 0.25) is 11.4 Å². The summed E-state index contributed by atoms with van der Waals surface area (Å²) in [6.07, 6.45) is 0. The average molecular weight is 449 g/mol. The number of hydrogen-bond donors (Lipinski definition) is 0. The van der Waals surface area contributed by atoms with Crippen LogP contribution in [0.2, 0.25) is 0 Å². The molecule has 0 fully saturated rings. The Kier molecular flexibility index (Phi) is 7.83. The zero-order chi connectivity index (χ0) is 23.8. The summed E-state index contributed by atoms with van der Waals surface area (Å²) < 4.78 is 41.4. The Hall–Kier alpha value is -3.67. The summed E-state index contributed by atoms with van der Waals surface area (Å²) in [6.45, 7) is 7.05. The molecule has 0 saturated heterocycles. The highest BCUT2D eigenvalue weighted by Crippen LogP contribution is 2.29. The first-order valence-electron chi connectivity index (χ1n) is 10.5. The van der Waals surface area contributed by atoms with Gasteiger partial charge >= 0.3 is 7.25 Å². The van der Waals surface area contributed by atoms with E-state index in [0.717, 1.165) is 12.1 Å². The molecule has 0 saturated carbocycles. The van der Waals surface area contributed by atoms with E-state index in [0.29, 0.717) is 0 Å². The number of aromatic nitrogens is 1. The van der Waals surface area contributed by atoms with Gasteiger partial charge in [-0.25, -0.2) is 0 Å². The van der Waals surface area contributed by atoms with Crippen molar-refractivity contribution in [2.75, 3.05) is 0 Å². The molecule has 4 rings (SSSR count). The largest absolute Gasteiger partial charge is 0.673 e. The molecule has 0 spiro atoms. The summed E-state index contributed by atoms with van der Waals surface area (Å²) in [5.74, 6) is 0. The molecule has 0 N–H and O–H groups in total. The van der Waals surface area contributed by atoms with Gasteiger partial charge in [-0.15, -0.1) is 0 Å². The molecule has 6 heteroatoms. The standard InChI is InChI=1S/C27H24N.BF4/c1-21(2)20-28-26(23-14-8-4-9-15-23)18-25(22-12-6-3-7-13-22)19-27(28)24-16-10-5-11-17-24;2-1(3,4)5/h3-19H,1,20H2,2H3;/q+1;-1. The second-order valence-electron chi connectivity index (χ2n) is 7.65.